The van der Waals surface area contributed by atoms with Gasteiger partial charge < -0.3 is 10.1 Å². The lowest BCUT2D eigenvalue weighted by molar-refractivity contribution is -0.122. The lowest BCUT2D eigenvalue weighted by Gasteiger charge is -2.56. The predicted octanol–water partition coefficient (Wildman–Crippen LogP) is 3.79. The minimum Gasteiger partial charge on any atom is -0.496 e. The Hall–Kier alpha value is -1.77. The summed E-state index contributed by atoms with van der Waals surface area (Å²) in [5.74, 6) is 3.38. The van der Waals surface area contributed by atoms with Gasteiger partial charge in [0.1, 0.15) is 5.75 Å². The van der Waals surface area contributed by atoms with Gasteiger partial charge in [-0.25, -0.2) is 0 Å². The minimum atomic E-state index is 0.0397. The third-order valence-electron chi connectivity index (χ3n) is 5.98. The van der Waals surface area contributed by atoms with Crippen LogP contribution in [0.4, 0.5) is 0 Å². The van der Waals surface area contributed by atoms with E-state index in [4.69, 9.17) is 4.74 Å². The van der Waals surface area contributed by atoms with Gasteiger partial charge in [0, 0.05) is 17.2 Å². The summed E-state index contributed by atoms with van der Waals surface area (Å²) >= 11 is 0. The van der Waals surface area contributed by atoms with Crippen molar-refractivity contribution in [3.63, 3.8) is 0 Å². The van der Waals surface area contributed by atoms with Crippen LogP contribution in [0.1, 0.15) is 44.1 Å². The molecular weight excluding hydrogens is 286 g/mol. The van der Waals surface area contributed by atoms with Gasteiger partial charge in [-0.2, -0.15) is 0 Å². The summed E-state index contributed by atoms with van der Waals surface area (Å²) in [6.45, 7) is 0. The Labute approximate surface area is 138 Å². The highest BCUT2D eigenvalue weighted by Gasteiger charge is 2.51. The quantitative estimate of drug-likeness (QED) is 0.859. The molecule has 0 aliphatic heterocycles. The topological polar surface area (TPSA) is 38.3 Å². The van der Waals surface area contributed by atoms with Crippen molar-refractivity contribution >= 4 is 12.0 Å². The standard InChI is InChI=1S/C20H25NO2/c1-23-18-5-3-2-4-17(18)6-7-19(22)21-20-11-14-8-15(12-20)10-16(9-14)13-20/h2-7,14-16H,8-13H2,1H3,(H,21,22)/b7-6+. The maximum absolute atomic E-state index is 12.5. The van der Waals surface area contributed by atoms with Gasteiger partial charge in [0.05, 0.1) is 7.11 Å². The largest absolute Gasteiger partial charge is 0.496 e. The SMILES string of the molecule is COc1ccccc1/C=C/C(=O)NC12CC3CC(CC(C3)C1)C2. The molecule has 3 nitrogen and oxygen atoms in total. The van der Waals surface area contributed by atoms with Gasteiger partial charge in [-0.3, -0.25) is 4.79 Å². The molecule has 5 rings (SSSR count). The Morgan fingerprint density at radius 2 is 1.74 bits per heavy atom. The Kier molecular flexibility index (Phi) is 3.67. The average Bonchev–Trinajstić information content (AvgIpc) is 2.51. The van der Waals surface area contributed by atoms with Gasteiger partial charge in [-0.15, -0.1) is 0 Å². The van der Waals surface area contributed by atoms with Crippen LogP contribution in [-0.4, -0.2) is 18.6 Å². The van der Waals surface area contributed by atoms with E-state index >= 15 is 0 Å². The average molecular weight is 311 g/mol. The molecule has 4 aliphatic rings. The smallest absolute Gasteiger partial charge is 0.244 e. The Balaban J connectivity index is 1.45. The zero-order valence-electron chi connectivity index (χ0n) is 13.8. The number of methoxy groups -OCH3 is 1. The first-order valence-corrected chi connectivity index (χ1v) is 8.79. The Bertz CT molecular complexity index is 599. The fourth-order valence-electron chi connectivity index (χ4n) is 5.54. The molecule has 0 unspecified atom stereocenters. The van der Waals surface area contributed by atoms with Crippen LogP contribution in [-0.2, 0) is 4.79 Å². The van der Waals surface area contributed by atoms with Crippen molar-refractivity contribution in [3.05, 3.63) is 35.9 Å². The van der Waals surface area contributed by atoms with Crippen molar-refractivity contribution in [2.75, 3.05) is 7.11 Å². The normalized spacial score (nSPS) is 34.7. The van der Waals surface area contributed by atoms with Crippen molar-refractivity contribution in [2.45, 2.75) is 44.1 Å². The van der Waals surface area contributed by atoms with E-state index in [0.717, 1.165) is 29.1 Å². The summed E-state index contributed by atoms with van der Waals surface area (Å²) in [7, 11) is 1.65. The number of carbonyl (C=O) groups excluding carboxylic acids is 1. The van der Waals surface area contributed by atoms with Crippen molar-refractivity contribution in [1.29, 1.82) is 0 Å². The summed E-state index contributed by atoms with van der Waals surface area (Å²) < 4.78 is 5.33. The first-order chi connectivity index (χ1) is 11.2. The first kappa shape index (κ1) is 14.8. The number of hydrogen-bond acceptors (Lipinski definition) is 2. The third-order valence-corrected chi connectivity index (χ3v) is 5.98. The third kappa shape index (κ3) is 2.89. The molecule has 4 saturated carbocycles. The number of amides is 1. The zero-order chi connectivity index (χ0) is 15.9. The molecule has 0 radical (unpaired) electrons. The summed E-state index contributed by atoms with van der Waals surface area (Å²) in [6, 6.07) is 7.77. The maximum atomic E-state index is 12.5. The van der Waals surface area contributed by atoms with E-state index in [1.165, 1.54) is 38.5 Å². The van der Waals surface area contributed by atoms with Crippen LogP contribution < -0.4 is 10.1 Å². The molecule has 1 aromatic rings. The molecule has 4 aliphatic carbocycles. The molecule has 1 amide bonds. The molecule has 122 valence electrons. The highest BCUT2D eigenvalue weighted by molar-refractivity contribution is 5.92. The van der Waals surface area contributed by atoms with Crippen LogP contribution in [0.5, 0.6) is 5.75 Å². The fourth-order valence-corrected chi connectivity index (χ4v) is 5.54. The van der Waals surface area contributed by atoms with Crippen LogP contribution in [0.3, 0.4) is 0 Å². The molecule has 0 saturated heterocycles. The molecule has 23 heavy (non-hydrogen) atoms. The van der Waals surface area contributed by atoms with Gasteiger partial charge in [0.15, 0.2) is 0 Å². The Morgan fingerprint density at radius 1 is 1.13 bits per heavy atom. The van der Waals surface area contributed by atoms with Gasteiger partial charge in [-0.1, -0.05) is 18.2 Å². The second-order valence-electron chi connectivity index (χ2n) is 7.76. The van der Waals surface area contributed by atoms with E-state index in [9.17, 15) is 4.79 Å². The van der Waals surface area contributed by atoms with E-state index in [1.54, 1.807) is 13.2 Å². The molecule has 0 spiro atoms. The van der Waals surface area contributed by atoms with Gasteiger partial charge in [0.2, 0.25) is 5.91 Å². The number of nitrogens with one attached hydrogen (secondary N) is 1. The molecule has 3 heteroatoms. The van der Waals surface area contributed by atoms with Crippen LogP contribution in [0.2, 0.25) is 0 Å². The molecule has 0 atom stereocenters. The second kappa shape index (κ2) is 5.70. The molecular formula is C20H25NO2. The molecule has 1 N–H and O–H groups in total. The van der Waals surface area contributed by atoms with Crippen molar-refractivity contribution in [3.8, 4) is 5.75 Å². The van der Waals surface area contributed by atoms with Crippen molar-refractivity contribution in [1.82, 2.24) is 5.32 Å². The van der Waals surface area contributed by atoms with E-state index in [-0.39, 0.29) is 11.4 Å². The molecule has 0 aromatic heterocycles. The van der Waals surface area contributed by atoms with Crippen molar-refractivity contribution < 1.29 is 9.53 Å². The summed E-state index contributed by atoms with van der Waals surface area (Å²) in [5.41, 5.74) is 1.02. The molecule has 1 aromatic carbocycles. The highest BCUT2D eigenvalue weighted by Crippen LogP contribution is 2.55. The number of ether oxygens (including phenoxy) is 1. The van der Waals surface area contributed by atoms with E-state index in [2.05, 4.69) is 5.32 Å². The number of carbonyl (C=O) groups is 1. The van der Waals surface area contributed by atoms with Crippen LogP contribution >= 0.6 is 0 Å². The monoisotopic (exact) mass is 311 g/mol. The zero-order valence-corrected chi connectivity index (χ0v) is 13.8. The van der Waals surface area contributed by atoms with Crippen LogP contribution in [0.15, 0.2) is 30.3 Å². The summed E-state index contributed by atoms with van der Waals surface area (Å²) in [6.07, 6.45) is 11.3. The highest BCUT2D eigenvalue weighted by atomic mass is 16.5. The van der Waals surface area contributed by atoms with Crippen molar-refractivity contribution in [2.24, 2.45) is 17.8 Å². The van der Waals surface area contributed by atoms with Gasteiger partial charge >= 0.3 is 0 Å². The maximum Gasteiger partial charge on any atom is 0.244 e. The predicted molar refractivity (Wildman–Crippen MR) is 91.1 cm³/mol. The lowest BCUT2D eigenvalue weighted by atomic mass is 9.53. The second-order valence-corrected chi connectivity index (χ2v) is 7.76. The lowest BCUT2D eigenvalue weighted by Crippen LogP contribution is -2.59. The molecule has 0 heterocycles. The number of benzene rings is 1. The first-order valence-electron chi connectivity index (χ1n) is 8.79. The molecule has 4 fully saturated rings. The van der Waals surface area contributed by atoms with E-state index in [0.29, 0.717) is 0 Å². The van der Waals surface area contributed by atoms with E-state index in [1.807, 2.05) is 30.3 Å². The van der Waals surface area contributed by atoms with Gasteiger partial charge in [0.25, 0.3) is 0 Å². The fraction of sp³-hybridized carbons (Fsp3) is 0.550. The van der Waals surface area contributed by atoms with E-state index < -0.39 is 0 Å². The van der Waals surface area contributed by atoms with Crippen LogP contribution in [0, 0.1) is 17.8 Å². The number of para-hydroxylation sites is 1. The summed E-state index contributed by atoms with van der Waals surface area (Å²) in [4.78, 5) is 12.5. The summed E-state index contributed by atoms with van der Waals surface area (Å²) in [5, 5.41) is 3.37. The Morgan fingerprint density at radius 3 is 2.35 bits per heavy atom. The van der Waals surface area contributed by atoms with Crippen LogP contribution in [0.25, 0.3) is 6.08 Å². The minimum absolute atomic E-state index is 0.0397. The number of hydrogen-bond donors (Lipinski definition) is 1. The molecule has 4 bridgehead atoms. The van der Waals surface area contributed by atoms with Gasteiger partial charge in [-0.05, 0) is 68.4 Å². The number of rotatable bonds is 4.